The van der Waals surface area contributed by atoms with Crippen LogP contribution in [0.25, 0.3) is 10.9 Å². The molecule has 4 aromatic rings. The molecule has 0 spiro atoms. The van der Waals surface area contributed by atoms with E-state index < -0.39 is 23.8 Å². The zero-order valence-electron chi connectivity index (χ0n) is 22.0. The van der Waals surface area contributed by atoms with Crippen molar-refractivity contribution in [3.05, 3.63) is 100 Å². The highest BCUT2D eigenvalue weighted by atomic mass is 19.2. The number of nitrogens with zero attached hydrogens (tertiary/aromatic N) is 5. The predicted molar refractivity (Wildman–Crippen MR) is 145 cm³/mol. The van der Waals surface area contributed by atoms with E-state index in [1.807, 2.05) is 29.2 Å². The molecule has 40 heavy (non-hydrogen) atoms. The van der Waals surface area contributed by atoms with Crippen molar-refractivity contribution in [1.29, 1.82) is 0 Å². The van der Waals surface area contributed by atoms with E-state index in [-0.39, 0.29) is 30.6 Å². The van der Waals surface area contributed by atoms with Gasteiger partial charge in [0.1, 0.15) is 5.69 Å². The second-order valence-electron chi connectivity index (χ2n) is 10.0. The molecule has 2 amide bonds. The fourth-order valence-corrected chi connectivity index (χ4v) is 5.01. The minimum atomic E-state index is -1.21. The molecule has 0 radical (unpaired) electrons. The molecule has 3 N–H and O–H groups in total. The Morgan fingerprint density at radius 2 is 1.70 bits per heavy atom. The van der Waals surface area contributed by atoms with Gasteiger partial charge in [-0.05, 0) is 60.6 Å². The van der Waals surface area contributed by atoms with Gasteiger partial charge in [0.2, 0.25) is 5.95 Å². The minimum Gasteiger partial charge on any atom is -0.465 e. The third-order valence-electron chi connectivity index (χ3n) is 7.10. The number of halogens is 2. The summed E-state index contributed by atoms with van der Waals surface area (Å²) in [6, 6.07) is 16.0. The molecule has 0 saturated heterocycles. The van der Waals surface area contributed by atoms with Crippen molar-refractivity contribution in [2.24, 2.45) is 0 Å². The molecular formula is C29H28F2N6O3. The molecule has 0 aliphatic carbocycles. The molecule has 2 heterocycles. The Morgan fingerprint density at radius 3 is 2.33 bits per heavy atom. The number of nitrogens with two attached hydrogens (primary N) is 1. The van der Waals surface area contributed by atoms with Gasteiger partial charge in [-0.1, -0.05) is 36.4 Å². The fraction of sp³-hybridized carbons (Fsp3) is 0.241. The molecule has 9 nitrogen and oxygen atoms in total. The SMILES string of the molecule is CN(C)C(CN(Cc1ccc(F)c(F)c1)C(=O)O)c1ccc2nc(N)nc(C(=O)N3Cc4ccccc4C3)c2c1. The number of fused-ring (bicyclic) bond motifs is 2. The average Bonchev–Trinajstić information content (AvgIpc) is 3.36. The maximum Gasteiger partial charge on any atom is 0.407 e. The topological polar surface area (TPSA) is 116 Å². The van der Waals surface area contributed by atoms with Crippen LogP contribution in [0.15, 0.2) is 60.7 Å². The van der Waals surface area contributed by atoms with Crippen molar-refractivity contribution in [3.63, 3.8) is 0 Å². The normalized spacial score (nSPS) is 13.5. The summed E-state index contributed by atoms with van der Waals surface area (Å²) < 4.78 is 27.1. The van der Waals surface area contributed by atoms with Crippen LogP contribution in [0.3, 0.4) is 0 Å². The van der Waals surface area contributed by atoms with Gasteiger partial charge in [0, 0.05) is 31.6 Å². The van der Waals surface area contributed by atoms with Crippen LogP contribution in [0.5, 0.6) is 0 Å². The van der Waals surface area contributed by atoms with E-state index in [0.29, 0.717) is 29.6 Å². The fourth-order valence-electron chi connectivity index (χ4n) is 5.01. The second-order valence-corrected chi connectivity index (χ2v) is 10.0. The molecule has 0 bridgehead atoms. The number of benzene rings is 3. The standard InChI is InChI=1S/C29H28F2N6O3/c1-35(2)25(16-37(29(39)40)13-17-7-9-22(30)23(31)11-17)18-8-10-24-21(12-18)26(34-28(32)33-24)27(38)36-14-19-5-3-4-6-20(19)15-36/h3-12,25H,13-16H2,1-2H3,(H,39,40)(H2,32,33,34). The number of anilines is 1. The molecule has 3 aromatic carbocycles. The average molecular weight is 547 g/mol. The molecule has 5 rings (SSSR count). The molecule has 1 aliphatic rings. The van der Waals surface area contributed by atoms with E-state index in [0.717, 1.165) is 33.7 Å². The maximum absolute atomic E-state index is 13.8. The second kappa shape index (κ2) is 10.9. The van der Waals surface area contributed by atoms with Crippen molar-refractivity contribution in [3.8, 4) is 0 Å². The number of hydrogen-bond acceptors (Lipinski definition) is 6. The van der Waals surface area contributed by atoms with Crippen LogP contribution in [0.1, 0.15) is 38.8 Å². The Kier molecular flexibility index (Phi) is 7.31. The highest BCUT2D eigenvalue weighted by Gasteiger charge is 2.28. The number of nitrogen functional groups attached to an aromatic ring is 1. The highest BCUT2D eigenvalue weighted by molar-refractivity contribution is 6.05. The zero-order chi connectivity index (χ0) is 28.6. The lowest BCUT2D eigenvalue weighted by molar-refractivity contribution is 0.0747. The van der Waals surface area contributed by atoms with Gasteiger partial charge >= 0.3 is 6.09 Å². The molecule has 1 atom stereocenters. The summed E-state index contributed by atoms with van der Waals surface area (Å²) in [6.07, 6.45) is -1.21. The van der Waals surface area contributed by atoms with Crippen molar-refractivity contribution in [1.82, 2.24) is 24.7 Å². The quantitative estimate of drug-likeness (QED) is 0.352. The van der Waals surface area contributed by atoms with Crippen LogP contribution in [-0.4, -0.2) is 62.4 Å². The summed E-state index contributed by atoms with van der Waals surface area (Å²) in [5, 5.41) is 10.4. The van der Waals surface area contributed by atoms with E-state index in [1.54, 1.807) is 37.2 Å². The van der Waals surface area contributed by atoms with Crippen LogP contribution in [0.4, 0.5) is 19.5 Å². The summed E-state index contributed by atoms with van der Waals surface area (Å²) >= 11 is 0. The number of hydrogen-bond donors (Lipinski definition) is 2. The van der Waals surface area contributed by atoms with Crippen LogP contribution >= 0.6 is 0 Å². The van der Waals surface area contributed by atoms with Crippen molar-refractivity contribution in [2.45, 2.75) is 25.7 Å². The summed E-state index contributed by atoms with van der Waals surface area (Å²) in [5.41, 5.74) is 9.82. The highest BCUT2D eigenvalue weighted by Crippen LogP contribution is 2.29. The molecule has 206 valence electrons. The smallest absolute Gasteiger partial charge is 0.407 e. The Morgan fingerprint density at radius 1 is 1.00 bits per heavy atom. The third kappa shape index (κ3) is 5.41. The van der Waals surface area contributed by atoms with Gasteiger partial charge in [0.25, 0.3) is 5.91 Å². The van der Waals surface area contributed by atoms with E-state index in [2.05, 4.69) is 9.97 Å². The first-order valence-electron chi connectivity index (χ1n) is 12.6. The third-order valence-corrected chi connectivity index (χ3v) is 7.10. The molecule has 11 heteroatoms. The van der Waals surface area contributed by atoms with E-state index in [4.69, 9.17) is 5.73 Å². The van der Waals surface area contributed by atoms with Crippen LogP contribution in [-0.2, 0) is 19.6 Å². The van der Waals surface area contributed by atoms with Crippen molar-refractivity contribution in [2.75, 3.05) is 26.4 Å². The predicted octanol–water partition coefficient (Wildman–Crippen LogP) is 4.43. The summed E-state index contributed by atoms with van der Waals surface area (Å²) in [5.74, 6) is -2.34. The van der Waals surface area contributed by atoms with Gasteiger partial charge < -0.3 is 25.5 Å². The Balaban J connectivity index is 1.47. The van der Waals surface area contributed by atoms with Crippen molar-refractivity contribution >= 4 is 28.9 Å². The lowest BCUT2D eigenvalue weighted by Gasteiger charge is -2.30. The monoisotopic (exact) mass is 546 g/mol. The van der Waals surface area contributed by atoms with E-state index in [9.17, 15) is 23.5 Å². The van der Waals surface area contributed by atoms with E-state index in [1.165, 1.54) is 6.07 Å². The summed E-state index contributed by atoms with van der Waals surface area (Å²) in [6.45, 7) is 0.798. The Hall–Kier alpha value is -4.64. The lowest BCUT2D eigenvalue weighted by Crippen LogP contribution is -2.37. The summed E-state index contributed by atoms with van der Waals surface area (Å²) in [4.78, 5) is 39.1. The lowest BCUT2D eigenvalue weighted by atomic mass is 10.0. The van der Waals surface area contributed by atoms with Crippen LogP contribution < -0.4 is 5.73 Å². The number of rotatable bonds is 7. The molecule has 0 fully saturated rings. The zero-order valence-corrected chi connectivity index (χ0v) is 22.0. The van der Waals surface area contributed by atoms with Gasteiger partial charge in [-0.15, -0.1) is 0 Å². The van der Waals surface area contributed by atoms with Gasteiger partial charge in [0.15, 0.2) is 11.6 Å². The molecule has 1 aromatic heterocycles. The Bertz CT molecular complexity index is 1590. The van der Waals surface area contributed by atoms with Gasteiger partial charge in [-0.2, -0.15) is 0 Å². The first kappa shape index (κ1) is 26.9. The number of carbonyl (C=O) groups excluding carboxylic acids is 1. The number of carbonyl (C=O) groups is 2. The number of aromatic nitrogens is 2. The van der Waals surface area contributed by atoms with E-state index >= 15 is 0 Å². The van der Waals surface area contributed by atoms with Crippen LogP contribution in [0, 0.1) is 11.6 Å². The van der Waals surface area contributed by atoms with Crippen molar-refractivity contribution < 1.29 is 23.5 Å². The first-order valence-corrected chi connectivity index (χ1v) is 12.6. The van der Waals surface area contributed by atoms with Gasteiger partial charge in [-0.25, -0.2) is 23.5 Å². The molecule has 0 saturated carbocycles. The molecular weight excluding hydrogens is 518 g/mol. The van der Waals surface area contributed by atoms with Gasteiger partial charge in [-0.3, -0.25) is 4.79 Å². The number of amides is 2. The number of likely N-dealkylation sites (N-methyl/N-ethyl adjacent to an activating group) is 1. The minimum absolute atomic E-state index is 0.0203. The number of carboxylic acid groups (broad SMARTS) is 1. The maximum atomic E-state index is 13.8. The Labute approximate surface area is 229 Å². The van der Waals surface area contributed by atoms with Gasteiger partial charge in [0.05, 0.1) is 11.6 Å². The van der Waals surface area contributed by atoms with Crippen LogP contribution in [0.2, 0.25) is 0 Å². The largest absolute Gasteiger partial charge is 0.465 e. The molecule has 1 unspecified atom stereocenters. The summed E-state index contributed by atoms with van der Waals surface area (Å²) in [7, 11) is 3.61. The molecule has 1 aliphatic heterocycles. The first-order chi connectivity index (χ1) is 19.1.